The van der Waals surface area contributed by atoms with Crippen LogP contribution in [-0.4, -0.2) is 66.7 Å². The van der Waals surface area contributed by atoms with E-state index in [-0.39, 0.29) is 18.0 Å². The molecule has 8 nitrogen and oxygen atoms in total. The minimum atomic E-state index is -1.81. The largest absolute Gasteiger partial charge is 0.380 e. The quantitative estimate of drug-likeness (QED) is 0.487. The standard InChI is InChI=1S/C23H31ClN4O4S/c24-16-4-1-3-15(11-16)19-5-2-9-28(19)23(32)21(30)20(29)22(31)26-12-17-6-7-18(33-17)13-27-10-8-25-14-27/h6-8,10,14-16,19-21,29-30H,1-5,9,11-13H2,(H,26,31)/t15?,16?,19-,20-,21-/m1/s1. The Balaban J connectivity index is 1.28. The van der Waals surface area contributed by atoms with Gasteiger partial charge < -0.3 is 25.0 Å². The number of carbonyl (C=O) groups excluding carboxylic acids is 2. The first-order valence-electron chi connectivity index (χ1n) is 11.5. The van der Waals surface area contributed by atoms with Crippen molar-refractivity contribution in [3.05, 3.63) is 40.6 Å². The van der Waals surface area contributed by atoms with Gasteiger partial charge >= 0.3 is 0 Å². The lowest BCUT2D eigenvalue weighted by Gasteiger charge is -2.36. The average molecular weight is 495 g/mol. The smallest absolute Gasteiger partial charge is 0.254 e. The third-order valence-corrected chi connectivity index (χ3v) is 8.12. The van der Waals surface area contributed by atoms with Gasteiger partial charge in [0, 0.05) is 40.1 Å². The fourth-order valence-corrected chi connectivity index (χ4v) is 6.31. The number of amides is 2. The number of nitrogens with zero attached hydrogens (tertiary/aromatic N) is 3. The van der Waals surface area contributed by atoms with Crippen molar-refractivity contribution < 1.29 is 19.8 Å². The maximum atomic E-state index is 13.0. The molecule has 2 aliphatic rings. The second kappa shape index (κ2) is 11.0. The van der Waals surface area contributed by atoms with E-state index < -0.39 is 24.0 Å². The van der Waals surface area contributed by atoms with Crippen LogP contribution in [0.3, 0.4) is 0 Å². The summed E-state index contributed by atoms with van der Waals surface area (Å²) in [4.78, 5) is 33.1. The van der Waals surface area contributed by atoms with Crippen molar-refractivity contribution in [3.8, 4) is 0 Å². The van der Waals surface area contributed by atoms with Crippen LogP contribution in [0.2, 0.25) is 0 Å². The van der Waals surface area contributed by atoms with Crippen LogP contribution in [0.1, 0.15) is 48.3 Å². The van der Waals surface area contributed by atoms with E-state index in [1.54, 1.807) is 28.8 Å². The molecule has 2 aromatic rings. The molecule has 0 spiro atoms. The predicted molar refractivity (Wildman–Crippen MR) is 126 cm³/mol. The maximum Gasteiger partial charge on any atom is 0.254 e. The van der Waals surface area contributed by atoms with Crippen LogP contribution in [0.5, 0.6) is 0 Å². The topological polar surface area (TPSA) is 108 Å². The zero-order valence-electron chi connectivity index (χ0n) is 18.5. The van der Waals surface area contributed by atoms with Crippen molar-refractivity contribution in [2.24, 2.45) is 5.92 Å². The summed E-state index contributed by atoms with van der Waals surface area (Å²) in [6.07, 6.45) is 7.39. The Morgan fingerprint density at radius 3 is 2.76 bits per heavy atom. The summed E-state index contributed by atoms with van der Waals surface area (Å²) in [5, 5.41) is 23.6. The van der Waals surface area contributed by atoms with Crippen LogP contribution < -0.4 is 5.32 Å². The third kappa shape index (κ3) is 5.95. The number of aliphatic hydroxyl groups is 2. The van der Waals surface area contributed by atoms with Crippen LogP contribution in [0, 0.1) is 5.92 Å². The lowest BCUT2D eigenvalue weighted by molar-refractivity contribution is -0.154. The number of rotatable bonds is 8. The molecular weight excluding hydrogens is 464 g/mol. The molecule has 4 rings (SSSR count). The summed E-state index contributed by atoms with van der Waals surface area (Å²) in [6.45, 7) is 1.45. The summed E-state index contributed by atoms with van der Waals surface area (Å²) >= 11 is 7.89. The van der Waals surface area contributed by atoms with Crippen LogP contribution >= 0.6 is 22.9 Å². The van der Waals surface area contributed by atoms with E-state index in [0.717, 1.165) is 48.3 Å². The summed E-state index contributed by atoms with van der Waals surface area (Å²) in [6, 6.07) is 3.91. The Bertz CT molecular complexity index is 937. The maximum absolute atomic E-state index is 13.0. The number of imidazole rings is 1. The summed E-state index contributed by atoms with van der Waals surface area (Å²) in [5.74, 6) is -1.02. The van der Waals surface area contributed by atoms with Crippen molar-refractivity contribution >= 4 is 34.8 Å². The summed E-state index contributed by atoms with van der Waals surface area (Å²) in [5.41, 5.74) is 0. The second-order valence-corrected chi connectivity index (χ2v) is 10.8. The number of nitrogens with one attached hydrogen (secondary N) is 1. The van der Waals surface area contributed by atoms with Gasteiger partial charge in [0.25, 0.3) is 11.8 Å². The Hall–Kier alpha value is -1.94. The van der Waals surface area contributed by atoms with E-state index >= 15 is 0 Å². The van der Waals surface area contributed by atoms with Gasteiger partial charge in [-0.3, -0.25) is 9.59 Å². The van der Waals surface area contributed by atoms with E-state index in [2.05, 4.69) is 10.3 Å². The van der Waals surface area contributed by atoms with Gasteiger partial charge in [-0.05, 0) is 50.2 Å². The molecule has 1 saturated heterocycles. The Morgan fingerprint density at radius 1 is 1.18 bits per heavy atom. The molecule has 3 N–H and O–H groups in total. The zero-order chi connectivity index (χ0) is 23.4. The highest BCUT2D eigenvalue weighted by molar-refractivity contribution is 7.11. The van der Waals surface area contributed by atoms with Crippen LogP contribution in [0.15, 0.2) is 30.9 Å². The molecule has 33 heavy (non-hydrogen) atoms. The van der Waals surface area contributed by atoms with Gasteiger partial charge in [-0.1, -0.05) is 6.42 Å². The van der Waals surface area contributed by atoms with Crippen LogP contribution in [0.4, 0.5) is 0 Å². The van der Waals surface area contributed by atoms with Gasteiger partial charge in [-0.25, -0.2) is 4.98 Å². The number of hydrogen-bond donors (Lipinski definition) is 3. The normalized spacial score (nSPS) is 25.1. The second-order valence-electron chi connectivity index (χ2n) is 8.98. The molecule has 5 atom stereocenters. The van der Waals surface area contributed by atoms with Gasteiger partial charge in [0.1, 0.15) is 0 Å². The highest BCUT2D eigenvalue weighted by Gasteiger charge is 2.41. The molecule has 2 aromatic heterocycles. The molecule has 1 aliphatic carbocycles. The molecule has 180 valence electrons. The molecule has 2 unspecified atom stereocenters. The predicted octanol–water partition coefficient (Wildman–Crippen LogP) is 2.12. The monoisotopic (exact) mass is 494 g/mol. The van der Waals surface area contributed by atoms with Crippen molar-refractivity contribution in [2.75, 3.05) is 6.54 Å². The number of carbonyl (C=O) groups is 2. The van der Waals surface area contributed by atoms with Gasteiger partial charge in [0.2, 0.25) is 0 Å². The first kappa shape index (κ1) is 24.2. The number of alkyl halides is 1. The van der Waals surface area contributed by atoms with Gasteiger partial charge in [-0.15, -0.1) is 22.9 Å². The van der Waals surface area contributed by atoms with E-state index in [0.29, 0.717) is 19.0 Å². The third-order valence-electron chi connectivity index (χ3n) is 6.65. The Labute approximate surface area is 202 Å². The molecule has 1 aliphatic heterocycles. The molecule has 0 radical (unpaired) electrons. The van der Waals surface area contributed by atoms with Crippen molar-refractivity contribution in [3.63, 3.8) is 0 Å². The number of aromatic nitrogens is 2. The van der Waals surface area contributed by atoms with E-state index in [4.69, 9.17) is 11.6 Å². The van der Waals surface area contributed by atoms with E-state index in [1.165, 1.54) is 0 Å². The number of thiophene rings is 1. The zero-order valence-corrected chi connectivity index (χ0v) is 20.0. The lowest BCUT2D eigenvalue weighted by atomic mass is 9.82. The highest BCUT2D eigenvalue weighted by Crippen LogP contribution is 2.36. The molecular formula is C23H31ClN4O4S. The average Bonchev–Trinajstić information content (AvgIpc) is 3.58. The molecule has 2 fully saturated rings. The number of aliphatic hydroxyl groups excluding tert-OH is 2. The molecule has 10 heteroatoms. The van der Waals surface area contributed by atoms with Crippen molar-refractivity contribution in [1.29, 1.82) is 0 Å². The van der Waals surface area contributed by atoms with Gasteiger partial charge in [0.05, 0.1) is 19.4 Å². The van der Waals surface area contributed by atoms with E-state index in [9.17, 15) is 19.8 Å². The number of likely N-dealkylation sites (tertiary alicyclic amines) is 1. The van der Waals surface area contributed by atoms with Crippen LogP contribution in [-0.2, 0) is 22.7 Å². The summed E-state index contributed by atoms with van der Waals surface area (Å²) in [7, 11) is 0. The highest BCUT2D eigenvalue weighted by atomic mass is 35.5. The fourth-order valence-electron chi connectivity index (χ4n) is 4.96. The van der Waals surface area contributed by atoms with Crippen LogP contribution in [0.25, 0.3) is 0 Å². The SMILES string of the molecule is O=C(NCc1ccc(Cn2ccnc2)s1)[C@H](O)[C@@H](O)C(=O)N1CCC[C@@H]1C1CCCC(Cl)C1. The minimum Gasteiger partial charge on any atom is -0.380 e. The summed E-state index contributed by atoms with van der Waals surface area (Å²) < 4.78 is 1.95. The van der Waals surface area contributed by atoms with Crippen molar-refractivity contribution in [2.45, 2.75) is 75.2 Å². The lowest BCUT2D eigenvalue weighted by Crippen LogP contribution is -2.53. The molecule has 3 heterocycles. The van der Waals surface area contributed by atoms with E-state index in [1.807, 2.05) is 22.9 Å². The number of hydrogen-bond acceptors (Lipinski definition) is 6. The minimum absolute atomic E-state index is 0.0176. The first-order chi connectivity index (χ1) is 15.9. The Morgan fingerprint density at radius 2 is 2.00 bits per heavy atom. The molecule has 0 aromatic carbocycles. The van der Waals surface area contributed by atoms with Gasteiger partial charge in [-0.2, -0.15) is 0 Å². The Kier molecular flexibility index (Phi) is 8.06. The van der Waals surface area contributed by atoms with Crippen molar-refractivity contribution in [1.82, 2.24) is 19.8 Å². The molecule has 1 saturated carbocycles. The molecule has 2 amide bonds. The fraction of sp³-hybridized carbons (Fsp3) is 0.609. The van der Waals surface area contributed by atoms with Gasteiger partial charge in [0.15, 0.2) is 12.2 Å². The first-order valence-corrected chi connectivity index (χ1v) is 12.8. The molecule has 0 bridgehead atoms. The number of halogens is 1.